The van der Waals surface area contributed by atoms with E-state index in [9.17, 15) is 4.79 Å². The van der Waals surface area contributed by atoms with Gasteiger partial charge in [-0.05, 0) is 43.7 Å². The summed E-state index contributed by atoms with van der Waals surface area (Å²) < 4.78 is 0. The number of nitrogens with one attached hydrogen (secondary N) is 2. The standard InChI is InChI=1S/C17H20N2O/c1-12-9-10-13(2)15(11-12)19-17(20)16(18-3)14-7-5-4-6-8-14/h4-11,16,18H,1-3H3,(H,19,20)/t16-/m0/s1. The molecular weight excluding hydrogens is 248 g/mol. The highest BCUT2D eigenvalue weighted by molar-refractivity contribution is 5.96. The van der Waals surface area contributed by atoms with Gasteiger partial charge in [-0.15, -0.1) is 0 Å². The molecule has 3 heteroatoms. The first kappa shape index (κ1) is 14.3. The predicted molar refractivity (Wildman–Crippen MR) is 82.8 cm³/mol. The van der Waals surface area contributed by atoms with Crippen LogP contribution in [0.4, 0.5) is 5.69 Å². The fraction of sp³-hybridized carbons (Fsp3) is 0.235. The third-order valence-electron chi connectivity index (χ3n) is 3.33. The lowest BCUT2D eigenvalue weighted by atomic mass is 10.1. The number of benzene rings is 2. The summed E-state index contributed by atoms with van der Waals surface area (Å²) in [4.78, 5) is 12.4. The fourth-order valence-corrected chi connectivity index (χ4v) is 2.17. The van der Waals surface area contributed by atoms with E-state index in [4.69, 9.17) is 0 Å². The first-order chi connectivity index (χ1) is 9.61. The zero-order valence-corrected chi connectivity index (χ0v) is 12.1. The van der Waals surface area contributed by atoms with Crippen LogP contribution in [0.3, 0.4) is 0 Å². The summed E-state index contributed by atoms with van der Waals surface area (Å²) in [7, 11) is 1.79. The minimum absolute atomic E-state index is 0.0487. The van der Waals surface area contributed by atoms with E-state index in [0.717, 1.165) is 22.4 Å². The molecule has 0 saturated heterocycles. The molecule has 2 N–H and O–H groups in total. The molecule has 2 rings (SSSR count). The molecule has 3 nitrogen and oxygen atoms in total. The highest BCUT2D eigenvalue weighted by atomic mass is 16.2. The van der Waals surface area contributed by atoms with Crippen molar-refractivity contribution in [1.29, 1.82) is 0 Å². The van der Waals surface area contributed by atoms with Gasteiger partial charge in [-0.2, -0.15) is 0 Å². The Labute approximate surface area is 120 Å². The number of carbonyl (C=O) groups excluding carboxylic acids is 1. The Morgan fingerprint density at radius 3 is 2.40 bits per heavy atom. The van der Waals surface area contributed by atoms with Crippen molar-refractivity contribution in [2.75, 3.05) is 12.4 Å². The average molecular weight is 268 g/mol. The Hall–Kier alpha value is -2.13. The maximum absolute atomic E-state index is 12.4. The van der Waals surface area contributed by atoms with Gasteiger partial charge in [0.15, 0.2) is 0 Å². The first-order valence-electron chi connectivity index (χ1n) is 6.72. The van der Waals surface area contributed by atoms with Gasteiger partial charge < -0.3 is 10.6 Å². The summed E-state index contributed by atoms with van der Waals surface area (Å²) in [6.45, 7) is 4.01. The SMILES string of the molecule is CN[C@H](C(=O)Nc1cc(C)ccc1C)c1ccccc1. The molecule has 0 heterocycles. The van der Waals surface area contributed by atoms with E-state index in [1.807, 2.05) is 62.4 Å². The molecule has 1 atom stereocenters. The highest BCUT2D eigenvalue weighted by Crippen LogP contribution is 2.19. The first-order valence-corrected chi connectivity index (χ1v) is 6.72. The van der Waals surface area contributed by atoms with Crippen LogP contribution in [0.5, 0.6) is 0 Å². The number of hydrogen-bond acceptors (Lipinski definition) is 2. The molecule has 0 aliphatic carbocycles. The molecule has 0 aliphatic heterocycles. The lowest BCUT2D eigenvalue weighted by molar-refractivity contribution is -0.118. The van der Waals surface area contributed by atoms with Crippen LogP contribution in [0, 0.1) is 13.8 Å². The summed E-state index contributed by atoms with van der Waals surface area (Å²) in [6, 6.07) is 15.4. The van der Waals surface area contributed by atoms with Crippen molar-refractivity contribution >= 4 is 11.6 Å². The minimum Gasteiger partial charge on any atom is -0.324 e. The summed E-state index contributed by atoms with van der Waals surface area (Å²) in [5.41, 5.74) is 4.02. The van der Waals surface area contributed by atoms with Gasteiger partial charge in [-0.3, -0.25) is 4.79 Å². The summed E-state index contributed by atoms with van der Waals surface area (Å²) in [5, 5.41) is 6.06. The largest absolute Gasteiger partial charge is 0.324 e. The number of aryl methyl sites for hydroxylation is 2. The molecule has 20 heavy (non-hydrogen) atoms. The Morgan fingerprint density at radius 2 is 1.75 bits per heavy atom. The van der Waals surface area contributed by atoms with Crippen molar-refractivity contribution in [3.8, 4) is 0 Å². The van der Waals surface area contributed by atoms with E-state index in [0.29, 0.717) is 0 Å². The number of carbonyl (C=O) groups is 1. The molecule has 0 unspecified atom stereocenters. The van der Waals surface area contributed by atoms with Crippen LogP contribution in [0.2, 0.25) is 0 Å². The molecule has 0 bridgehead atoms. The summed E-state index contributed by atoms with van der Waals surface area (Å²) >= 11 is 0. The van der Waals surface area contributed by atoms with Gasteiger partial charge in [0.2, 0.25) is 5.91 Å². The van der Waals surface area contributed by atoms with Crippen molar-refractivity contribution in [2.45, 2.75) is 19.9 Å². The van der Waals surface area contributed by atoms with Crippen molar-refractivity contribution in [2.24, 2.45) is 0 Å². The fourth-order valence-electron chi connectivity index (χ4n) is 2.17. The van der Waals surface area contributed by atoms with E-state index in [1.54, 1.807) is 7.05 Å². The van der Waals surface area contributed by atoms with Gasteiger partial charge in [-0.25, -0.2) is 0 Å². The minimum atomic E-state index is -0.351. The van der Waals surface area contributed by atoms with Crippen LogP contribution in [0.25, 0.3) is 0 Å². The van der Waals surface area contributed by atoms with Crippen LogP contribution >= 0.6 is 0 Å². The summed E-state index contributed by atoms with van der Waals surface area (Å²) in [5.74, 6) is -0.0487. The molecule has 0 spiro atoms. The molecule has 2 aromatic rings. The normalized spacial score (nSPS) is 11.9. The number of amides is 1. The van der Waals surface area contributed by atoms with Gasteiger partial charge in [0.25, 0.3) is 0 Å². The van der Waals surface area contributed by atoms with Gasteiger partial charge in [0, 0.05) is 5.69 Å². The van der Waals surface area contributed by atoms with Crippen molar-refractivity contribution in [3.05, 3.63) is 65.2 Å². The maximum Gasteiger partial charge on any atom is 0.246 e. The lowest BCUT2D eigenvalue weighted by Crippen LogP contribution is -2.30. The Morgan fingerprint density at radius 1 is 1.05 bits per heavy atom. The predicted octanol–water partition coefficient (Wildman–Crippen LogP) is 3.20. The smallest absolute Gasteiger partial charge is 0.246 e. The molecule has 0 saturated carbocycles. The lowest BCUT2D eigenvalue weighted by Gasteiger charge is -2.17. The van der Waals surface area contributed by atoms with Crippen LogP contribution in [0.15, 0.2) is 48.5 Å². The highest BCUT2D eigenvalue weighted by Gasteiger charge is 2.18. The summed E-state index contributed by atoms with van der Waals surface area (Å²) in [6.07, 6.45) is 0. The van der Waals surface area contributed by atoms with E-state index in [-0.39, 0.29) is 11.9 Å². The maximum atomic E-state index is 12.4. The molecular formula is C17H20N2O. The second-order valence-corrected chi connectivity index (χ2v) is 4.94. The van der Waals surface area contributed by atoms with Gasteiger partial charge in [0.1, 0.15) is 6.04 Å². The van der Waals surface area contributed by atoms with Crippen molar-refractivity contribution < 1.29 is 4.79 Å². The quantitative estimate of drug-likeness (QED) is 0.894. The topological polar surface area (TPSA) is 41.1 Å². The van der Waals surface area contributed by atoms with Gasteiger partial charge in [-0.1, -0.05) is 42.5 Å². The van der Waals surface area contributed by atoms with E-state index >= 15 is 0 Å². The number of anilines is 1. The second kappa shape index (κ2) is 6.35. The zero-order chi connectivity index (χ0) is 14.5. The Kier molecular flexibility index (Phi) is 4.53. The third-order valence-corrected chi connectivity index (χ3v) is 3.33. The monoisotopic (exact) mass is 268 g/mol. The Bertz CT molecular complexity index is 593. The molecule has 0 radical (unpaired) electrons. The van der Waals surface area contributed by atoms with Crippen molar-refractivity contribution in [1.82, 2.24) is 5.32 Å². The number of hydrogen-bond donors (Lipinski definition) is 2. The number of rotatable bonds is 4. The second-order valence-electron chi connectivity index (χ2n) is 4.94. The van der Waals surface area contributed by atoms with Gasteiger partial charge in [0.05, 0.1) is 0 Å². The van der Waals surface area contributed by atoms with Crippen molar-refractivity contribution in [3.63, 3.8) is 0 Å². The zero-order valence-electron chi connectivity index (χ0n) is 12.1. The van der Waals surface area contributed by atoms with E-state index in [1.165, 1.54) is 0 Å². The van der Waals surface area contributed by atoms with Crippen LogP contribution in [-0.2, 0) is 4.79 Å². The average Bonchev–Trinajstić information content (AvgIpc) is 2.45. The molecule has 0 aromatic heterocycles. The van der Waals surface area contributed by atoms with Crippen LogP contribution < -0.4 is 10.6 Å². The van der Waals surface area contributed by atoms with Crippen LogP contribution in [0.1, 0.15) is 22.7 Å². The number of likely N-dealkylation sites (N-methyl/N-ethyl adjacent to an activating group) is 1. The molecule has 0 fully saturated rings. The van der Waals surface area contributed by atoms with Gasteiger partial charge >= 0.3 is 0 Å². The molecule has 2 aromatic carbocycles. The molecule has 0 aliphatic rings. The molecule has 104 valence electrons. The molecule has 1 amide bonds. The van der Waals surface area contributed by atoms with E-state index < -0.39 is 0 Å². The third kappa shape index (κ3) is 3.25. The van der Waals surface area contributed by atoms with Crippen LogP contribution in [-0.4, -0.2) is 13.0 Å². The van der Waals surface area contributed by atoms with E-state index in [2.05, 4.69) is 10.6 Å². The Balaban J connectivity index is 2.20.